The van der Waals surface area contributed by atoms with E-state index in [0.29, 0.717) is 19.0 Å². The molecule has 8 heteroatoms. The number of amides is 1. The number of carbonyl (C=O) groups is 2. The van der Waals surface area contributed by atoms with E-state index in [-0.39, 0.29) is 36.4 Å². The molecule has 1 saturated carbocycles. The van der Waals surface area contributed by atoms with Crippen LogP contribution in [0.4, 0.5) is 0 Å². The molecule has 0 spiro atoms. The smallest absolute Gasteiger partial charge is 0.304 e. The van der Waals surface area contributed by atoms with Gasteiger partial charge < -0.3 is 10.0 Å². The molecule has 1 aliphatic carbocycles. The van der Waals surface area contributed by atoms with Gasteiger partial charge in [0.05, 0.1) is 24.5 Å². The number of likely N-dealkylation sites (N-methyl/N-ethyl adjacent to an activating group) is 1. The van der Waals surface area contributed by atoms with E-state index in [1.165, 1.54) is 4.90 Å². The van der Waals surface area contributed by atoms with Gasteiger partial charge in [-0.05, 0) is 19.3 Å². The normalized spacial score (nSPS) is 24.2. The molecule has 0 aromatic rings. The lowest BCUT2D eigenvalue weighted by molar-refractivity contribution is -0.138. The van der Waals surface area contributed by atoms with Crippen molar-refractivity contribution in [3.05, 3.63) is 0 Å². The van der Waals surface area contributed by atoms with Gasteiger partial charge in [0.25, 0.3) is 0 Å². The van der Waals surface area contributed by atoms with Crippen LogP contribution in [0.5, 0.6) is 0 Å². The van der Waals surface area contributed by atoms with Crippen molar-refractivity contribution < 1.29 is 23.1 Å². The lowest BCUT2D eigenvalue weighted by atomic mass is 10.2. The number of sulfone groups is 1. The number of hydrogen-bond donors (Lipinski definition) is 1. The highest BCUT2D eigenvalue weighted by atomic mass is 32.2. The summed E-state index contributed by atoms with van der Waals surface area (Å²) in [5.41, 5.74) is 0. The van der Waals surface area contributed by atoms with E-state index in [1.54, 1.807) is 7.05 Å². The van der Waals surface area contributed by atoms with Crippen LogP contribution in [-0.2, 0) is 19.4 Å². The number of nitrogens with zero attached hydrogens (tertiary/aromatic N) is 2. The maximum absolute atomic E-state index is 12.3. The zero-order chi connectivity index (χ0) is 15.6. The number of hydrogen-bond acceptors (Lipinski definition) is 5. The van der Waals surface area contributed by atoms with Crippen LogP contribution in [0.15, 0.2) is 0 Å². The fourth-order valence-electron chi connectivity index (χ4n) is 2.64. The number of carboxylic acid groups (broad SMARTS) is 1. The van der Waals surface area contributed by atoms with Gasteiger partial charge in [-0.1, -0.05) is 0 Å². The Balaban J connectivity index is 1.87. The minimum Gasteiger partial charge on any atom is -0.481 e. The number of carbonyl (C=O) groups excluding carboxylic acids is 1. The van der Waals surface area contributed by atoms with E-state index in [9.17, 15) is 18.0 Å². The molecule has 1 amide bonds. The SMILES string of the molecule is CN(C(=O)CN(CCC(=O)O)C1CC1)C1CCS(=O)(=O)C1. The lowest BCUT2D eigenvalue weighted by Crippen LogP contribution is -2.45. The van der Waals surface area contributed by atoms with Gasteiger partial charge in [-0.15, -0.1) is 0 Å². The minimum atomic E-state index is -3.01. The summed E-state index contributed by atoms with van der Waals surface area (Å²) in [4.78, 5) is 26.3. The summed E-state index contributed by atoms with van der Waals surface area (Å²) in [5.74, 6) is -0.827. The van der Waals surface area contributed by atoms with Crippen LogP contribution < -0.4 is 0 Å². The molecule has 7 nitrogen and oxygen atoms in total. The molecule has 0 radical (unpaired) electrons. The zero-order valence-electron chi connectivity index (χ0n) is 12.2. The van der Waals surface area contributed by atoms with Gasteiger partial charge in [0.2, 0.25) is 5.91 Å². The molecule has 1 unspecified atom stereocenters. The van der Waals surface area contributed by atoms with E-state index >= 15 is 0 Å². The lowest BCUT2D eigenvalue weighted by Gasteiger charge is -2.27. The molecule has 1 aliphatic heterocycles. The van der Waals surface area contributed by atoms with Crippen LogP contribution in [0.25, 0.3) is 0 Å². The minimum absolute atomic E-state index is 0.0191. The molecule has 1 N–H and O–H groups in total. The van der Waals surface area contributed by atoms with Gasteiger partial charge in [-0.3, -0.25) is 14.5 Å². The van der Waals surface area contributed by atoms with Crippen LogP contribution in [0.3, 0.4) is 0 Å². The third-order valence-corrected chi connectivity index (χ3v) is 5.91. The van der Waals surface area contributed by atoms with Crippen molar-refractivity contribution in [3.63, 3.8) is 0 Å². The van der Waals surface area contributed by atoms with Crippen molar-refractivity contribution in [1.29, 1.82) is 0 Å². The third kappa shape index (κ3) is 4.67. The number of rotatable bonds is 7. The molecule has 1 saturated heterocycles. The summed E-state index contributed by atoms with van der Waals surface area (Å²) in [6.45, 7) is 0.535. The summed E-state index contributed by atoms with van der Waals surface area (Å²) in [6.07, 6.45) is 2.50. The molecule has 2 fully saturated rings. The zero-order valence-corrected chi connectivity index (χ0v) is 13.0. The number of aliphatic carboxylic acids is 1. The van der Waals surface area contributed by atoms with Crippen molar-refractivity contribution in [1.82, 2.24) is 9.80 Å². The summed E-state index contributed by atoms with van der Waals surface area (Å²) < 4.78 is 22.9. The molecule has 21 heavy (non-hydrogen) atoms. The van der Waals surface area contributed by atoms with Crippen molar-refractivity contribution in [2.24, 2.45) is 0 Å². The molecule has 0 bridgehead atoms. The second-order valence-electron chi connectivity index (χ2n) is 5.91. The molecule has 0 aromatic carbocycles. The highest BCUT2D eigenvalue weighted by Gasteiger charge is 2.35. The van der Waals surface area contributed by atoms with Crippen LogP contribution in [0.2, 0.25) is 0 Å². The maximum Gasteiger partial charge on any atom is 0.304 e. The van der Waals surface area contributed by atoms with Crippen LogP contribution in [0, 0.1) is 0 Å². The van der Waals surface area contributed by atoms with E-state index in [2.05, 4.69) is 0 Å². The van der Waals surface area contributed by atoms with Gasteiger partial charge in [0.15, 0.2) is 9.84 Å². The average molecular weight is 318 g/mol. The molecule has 1 atom stereocenters. The quantitative estimate of drug-likeness (QED) is 0.684. The number of carboxylic acids is 1. The van der Waals surface area contributed by atoms with Crippen molar-refractivity contribution >= 4 is 21.7 Å². The third-order valence-electron chi connectivity index (χ3n) is 4.16. The van der Waals surface area contributed by atoms with Crippen molar-refractivity contribution in [2.75, 3.05) is 31.6 Å². The Kier molecular flexibility index (Phi) is 4.88. The summed E-state index contributed by atoms with van der Waals surface area (Å²) in [7, 11) is -1.38. The van der Waals surface area contributed by atoms with Gasteiger partial charge in [-0.2, -0.15) is 0 Å². The van der Waals surface area contributed by atoms with Crippen LogP contribution >= 0.6 is 0 Å². The Hall–Kier alpha value is -1.15. The molecule has 1 heterocycles. The molecular formula is C13H22N2O5S. The first kappa shape index (κ1) is 16.2. The van der Waals surface area contributed by atoms with E-state index in [0.717, 1.165) is 12.8 Å². The van der Waals surface area contributed by atoms with Crippen molar-refractivity contribution in [2.45, 2.75) is 37.8 Å². The Morgan fingerprint density at radius 1 is 1.19 bits per heavy atom. The largest absolute Gasteiger partial charge is 0.481 e. The Morgan fingerprint density at radius 2 is 1.86 bits per heavy atom. The average Bonchev–Trinajstić information content (AvgIpc) is 3.17. The molecular weight excluding hydrogens is 296 g/mol. The van der Waals surface area contributed by atoms with Crippen molar-refractivity contribution in [3.8, 4) is 0 Å². The molecule has 120 valence electrons. The van der Waals surface area contributed by atoms with E-state index in [4.69, 9.17) is 5.11 Å². The van der Waals surface area contributed by atoms with E-state index < -0.39 is 15.8 Å². The second-order valence-corrected chi connectivity index (χ2v) is 8.14. The van der Waals surface area contributed by atoms with Gasteiger partial charge in [0.1, 0.15) is 0 Å². The van der Waals surface area contributed by atoms with E-state index in [1.807, 2.05) is 4.90 Å². The van der Waals surface area contributed by atoms with Gasteiger partial charge in [0, 0.05) is 25.7 Å². The highest BCUT2D eigenvalue weighted by Crippen LogP contribution is 2.27. The summed E-state index contributed by atoms with van der Waals surface area (Å²) >= 11 is 0. The first-order valence-corrected chi connectivity index (χ1v) is 9.02. The maximum atomic E-state index is 12.3. The Labute approximate surface area is 124 Å². The van der Waals surface area contributed by atoms with Crippen LogP contribution in [-0.4, -0.2) is 78.9 Å². The first-order chi connectivity index (χ1) is 9.78. The second kappa shape index (κ2) is 6.31. The molecule has 2 aliphatic rings. The fraction of sp³-hybridized carbons (Fsp3) is 0.846. The summed E-state index contributed by atoms with van der Waals surface area (Å²) in [6, 6.07) is 0.0528. The monoisotopic (exact) mass is 318 g/mol. The predicted octanol–water partition coefficient (Wildman–Crippen LogP) is -0.429. The Bertz CT molecular complexity index is 515. The molecule has 0 aromatic heterocycles. The molecule has 2 rings (SSSR count). The fourth-order valence-corrected chi connectivity index (χ4v) is 4.41. The van der Waals surface area contributed by atoms with Gasteiger partial charge >= 0.3 is 5.97 Å². The first-order valence-electron chi connectivity index (χ1n) is 7.20. The van der Waals surface area contributed by atoms with Crippen LogP contribution in [0.1, 0.15) is 25.7 Å². The topological polar surface area (TPSA) is 95.0 Å². The highest BCUT2D eigenvalue weighted by molar-refractivity contribution is 7.91. The standard InChI is InChI=1S/C13H22N2O5S/c1-14(11-5-7-21(19,20)9-11)12(16)8-15(10-2-3-10)6-4-13(17)18/h10-11H,2-9H2,1H3,(H,17,18). The Morgan fingerprint density at radius 3 is 2.33 bits per heavy atom. The van der Waals surface area contributed by atoms with Gasteiger partial charge in [-0.25, -0.2) is 8.42 Å². The summed E-state index contributed by atoms with van der Waals surface area (Å²) in [5, 5.41) is 8.75. The predicted molar refractivity (Wildman–Crippen MR) is 76.7 cm³/mol.